The van der Waals surface area contributed by atoms with Gasteiger partial charge in [0.1, 0.15) is 0 Å². The number of nitrogens with zero attached hydrogens (tertiary/aromatic N) is 1. The third-order valence-corrected chi connectivity index (χ3v) is 4.39. The third-order valence-electron chi connectivity index (χ3n) is 4.06. The lowest BCUT2D eigenvalue weighted by atomic mass is 9.92. The Bertz CT molecular complexity index is 426. The first-order valence-corrected chi connectivity index (χ1v) is 7.35. The van der Waals surface area contributed by atoms with Crippen molar-refractivity contribution in [2.24, 2.45) is 11.7 Å². The third kappa shape index (κ3) is 3.41. The van der Waals surface area contributed by atoms with E-state index in [1.54, 1.807) is 0 Å². The minimum atomic E-state index is -0.203. The molecule has 0 saturated carbocycles. The van der Waals surface area contributed by atoms with E-state index >= 15 is 0 Å². The Hall–Kier alpha value is -0.770. The Morgan fingerprint density at radius 2 is 1.95 bits per heavy atom. The molecule has 3 nitrogen and oxygen atoms in total. The standard InChI is InChI=1S/C15H23ClN2O/c1-10(17)14-4-3-13(9-15(14)16)18-7-5-12(6-8-18)11(2)19/h3-4,9-12,19H,5-8,17H2,1-2H3. The summed E-state index contributed by atoms with van der Waals surface area (Å²) in [5.74, 6) is 0.426. The SMILES string of the molecule is CC(N)c1ccc(N2CCC(C(C)O)CC2)cc1Cl. The first-order valence-electron chi connectivity index (χ1n) is 6.97. The summed E-state index contributed by atoms with van der Waals surface area (Å²) in [5.41, 5.74) is 8.01. The summed E-state index contributed by atoms with van der Waals surface area (Å²) < 4.78 is 0. The second-order valence-corrected chi connectivity index (χ2v) is 5.97. The van der Waals surface area contributed by atoms with Crippen molar-refractivity contribution in [2.45, 2.75) is 38.8 Å². The van der Waals surface area contributed by atoms with E-state index in [9.17, 15) is 5.11 Å². The van der Waals surface area contributed by atoms with Crippen LogP contribution in [-0.4, -0.2) is 24.3 Å². The monoisotopic (exact) mass is 282 g/mol. The van der Waals surface area contributed by atoms with Gasteiger partial charge in [-0.2, -0.15) is 0 Å². The molecule has 2 atom stereocenters. The number of hydrogen-bond donors (Lipinski definition) is 2. The highest BCUT2D eigenvalue weighted by atomic mass is 35.5. The summed E-state index contributed by atoms with van der Waals surface area (Å²) in [4.78, 5) is 2.33. The Morgan fingerprint density at radius 3 is 2.42 bits per heavy atom. The topological polar surface area (TPSA) is 49.5 Å². The van der Waals surface area contributed by atoms with E-state index in [1.807, 2.05) is 26.0 Å². The predicted octanol–water partition coefficient (Wildman–Crippen LogP) is 2.96. The fourth-order valence-electron chi connectivity index (χ4n) is 2.72. The fourth-order valence-corrected chi connectivity index (χ4v) is 3.07. The lowest BCUT2D eigenvalue weighted by Crippen LogP contribution is -2.37. The number of rotatable bonds is 3. The van der Waals surface area contributed by atoms with E-state index < -0.39 is 0 Å². The molecule has 1 heterocycles. The molecular formula is C15H23ClN2O. The quantitative estimate of drug-likeness (QED) is 0.896. The van der Waals surface area contributed by atoms with Crippen molar-refractivity contribution in [2.75, 3.05) is 18.0 Å². The number of aliphatic hydroxyl groups excluding tert-OH is 1. The van der Waals surface area contributed by atoms with Crippen molar-refractivity contribution in [3.05, 3.63) is 28.8 Å². The molecule has 0 amide bonds. The van der Waals surface area contributed by atoms with Gasteiger partial charge in [-0.15, -0.1) is 0 Å². The van der Waals surface area contributed by atoms with Gasteiger partial charge in [-0.05, 0) is 50.3 Å². The number of anilines is 1. The van der Waals surface area contributed by atoms with Crippen LogP contribution in [-0.2, 0) is 0 Å². The zero-order valence-electron chi connectivity index (χ0n) is 11.6. The first-order chi connectivity index (χ1) is 8.99. The minimum Gasteiger partial charge on any atom is -0.393 e. The van der Waals surface area contributed by atoms with Gasteiger partial charge < -0.3 is 15.7 Å². The van der Waals surface area contributed by atoms with Crippen LogP contribution in [0.1, 0.15) is 38.3 Å². The number of hydrogen-bond acceptors (Lipinski definition) is 3. The first kappa shape index (κ1) is 14.6. The van der Waals surface area contributed by atoms with Gasteiger partial charge in [0.2, 0.25) is 0 Å². The van der Waals surface area contributed by atoms with Gasteiger partial charge in [0.15, 0.2) is 0 Å². The molecule has 2 unspecified atom stereocenters. The zero-order valence-corrected chi connectivity index (χ0v) is 12.4. The van der Waals surface area contributed by atoms with Crippen LogP contribution in [0.5, 0.6) is 0 Å². The highest BCUT2D eigenvalue weighted by molar-refractivity contribution is 6.31. The molecule has 0 aliphatic carbocycles. The van der Waals surface area contributed by atoms with E-state index in [0.29, 0.717) is 5.92 Å². The van der Waals surface area contributed by atoms with Gasteiger partial charge >= 0.3 is 0 Å². The Kier molecular flexibility index (Phi) is 4.71. The number of halogens is 1. The molecular weight excluding hydrogens is 260 g/mol. The molecule has 3 N–H and O–H groups in total. The van der Waals surface area contributed by atoms with Crippen molar-refractivity contribution in [3.8, 4) is 0 Å². The Balaban J connectivity index is 2.06. The van der Waals surface area contributed by atoms with Crippen LogP contribution in [0.2, 0.25) is 5.02 Å². The maximum absolute atomic E-state index is 9.62. The molecule has 2 rings (SSSR count). The smallest absolute Gasteiger partial charge is 0.0541 e. The highest BCUT2D eigenvalue weighted by Gasteiger charge is 2.23. The van der Waals surface area contributed by atoms with E-state index in [0.717, 1.165) is 42.2 Å². The average Bonchev–Trinajstić information content (AvgIpc) is 2.38. The molecule has 0 spiro atoms. The van der Waals surface area contributed by atoms with Crippen LogP contribution in [0.3, 0.4) is 0 Å². The van der Waals surface area contributed by atoms with Crippen LogP contribution >= 0.6 is 11.6 Å². The summed E-state index contributed by atoms with van der Waals surface area (Å²) in [7, 11) is 0. The van der Waals surface area contributed by atoms with Crippen LogP contribution < -0.4 is 10.6 Å². The highest BCUT2D eigenvalue weighted by Crippen LogP contribution is 2.30. The molecule has 4 heteroatoms. The molecule has 1 aromatic rings. The zero-order chi connectivity index (χ0) is 14.0. The molecule has 0 aromatic heterocycles. The maximum Gasteiger partial charge on any atom is 0.0541 e. The van der Waals surface area contributed by atoms with Crippen molar-refractivity contribution < 1.29 is 5.11 Å². The van der Waals surface area contributed by atoms with Gasteiger partial charge in [0.25, 0.3) is 0 Å². The average molecular weight is 283 g/mol. The van der Waals surface area contributed by atoms with Crippen LogP contribution in [0.15, 0.2) is 18.2 Å². The molecule has 0 radical (unpaired) electrons. The molecule has 1 fully saturated rings. The molecule has 19 heavy (non-hydrogen) atoms. The lowest BCUT2D eigenvalue weighted by Gasteiger charge is -2.35. The summed E-state index contributed by atoms with van der Waals surface area (Å²) in [6.45, 7) is 5.77. The summed E-state index contributed by atoms with van der Waals surface area (Å²) in [5, 5.41) is 10.4. The Morgan fingerprint density at radius 1 is 1.32 bits per heavy atom. The maximum atomic E-state index is 9.62. The van der Waals surface area contributed by atoms with Crippen LogP contribution in [0.4, 0.5) is 5.69 Å². The van der Waals surface area contributed by atoms with Gasteiger partial charge in [0, 0.05) is 29.8 Å². The minimum absolute atomic E-state index is 0.0393. The second-order valence-electron chi connectivity index (χ2n) is 5.56. The molecule has 1 aliphatic heterocycles. The van der Waals surface area contributed by atoms with Crippen molar-refractivity contribution in [1.82, 2.24) is 0 Å². The largest absolute Gasteiger partial charge is 0.393 e. The number of aliphatic hydroxyl groups is 1. The number of nitrogens with two attached hydrogens (primary N) is 1. The van der Waals surface area contributed by atoms with E-state index in [-0.39, 0.29) is 12.1 Å². The van der Waals surface area contributed by atoms with E-state index in [2.05, 4.69) is 11.0 Å². The predicted molar refractivity (Wildman–Crippen MR) is 80.7 cm³/mol. The van der Waals surface area contributed by atoms with Crippen LogP contribution in [0, 0.1) is 5.92 Å². The summed E-state index contributed by atoms with van der Waals surface area (Å²) in [6.07, 6.45) is 1.86. The van der Waals surface area contributed by atoms with Gasteiger partial charge in [-0.3, -0.25) is 0 Å². The van der Waals surface area contributed by atoms with Crippen molar-refractivity contribution in [1.29, 1.82) is 0 Å². The molecule has 1 aromatic carbocycles. The van der Waals surface area contributed by atoms with Crippen molar-refractivity contribution >= 4 is 17.3 Å². The summed E-state index contributed by atoms with van der Waals surface area (Å²) in [6, 6.07) is 6.07. The molecule has 0 bridgehead atoms. The number of piperidine rings is 1. The Labute approximate surface area is 120 Å². The lowest BCUT2D eigenvalue weighted by molar-refractivity contribution is 0.110. The van der Waals surface area contributed by atoms with Gasteiger partial charge in [-0.25, -0.2) is 0 Å². The summed E-state index contributed by atoms with van der Waals surface area (Å²) >= 11 is 6.28. The van der Waals surface area contributed by atoms with E-state index in [4.69, 9.17) is 17.3 Å². The molecule has 1 saturated heterocycles. The normalized spacial score (nSPS) is 20.4. The van der Waals surface area contributed by atoms with Gasteiger partial charge in [0.05, 0.1) is 6.10 Å². The number of benzene rings is 1. The molecule has 1 aliphatic rings. The second kappa shape index (κ2) is 6.12. The van der Waals surface area contributed by atoms with Crippen LogP contribution in [0.25, 0.3) is 0 Å². The van der Waals surface area contributed by atoms with E-state index in [1.165, 1.54) is 0 Å². The fraction of sp³-hybridized carbons (Fsp3) is 0.600. The van der Waals surface area contributed by atoms with Gasteiger partial charge in [-0.1, -0.05) is 17.7 Å². The van der Waals surface area contributed by atoms with Crippen molar-refractivity contribution in [3.63, 3.8) is 0 Å². The molecule has 106 valence electrons.